The van der Waals surface area contributed by atoms with Crippen LogP contribution in [0.25, 0.3) is 0 Å². The number of nitrogen functional groups attached to an aromatic ring is 1. The maximum atomic E-state index is 12.8. The Morgan fingerprint density at radius 1 is 1.60 bits per heavy atom. The van der Waals surface area contributed by atoms with Crippen LogP contribution in [0.4, 0.5) is 5.82 Å². The molecule has 2 rings (SSSR count). The van der Waals surface area contributed by atoms with E-state index in [2.05, 4.69) is 4.98 Å². The zero-order valence-corrected chi connectivity index (χ0v) is 13.0. The first-order chi connectivity index (χ1) is 9.57. The second kappa shape index (κ2) is 6.75. The van der Waals surface area contributed by atoms with Gasteiger partial charge >= 0.3 is 0 Å². The molecule has 1 unspecified atom stereocenters. The summed E-state index contributed by atoms with van der Waals surface area (Å²) in [4.78, 5) is 3.95. The zero-order chi connectivity index (χ0) is 14.6. The largest absolute Gasteiger partial charge is 0.383 e. The third-order valence-corrected chi connectivity index (χ3v) is 6.36. The molecule has 2 heterocycles. The van der Waals surface area contributed by atoms with Crippen LogP contribution in [0.5, 0.6) is 0 Å². The second-order valence-electron chi connectivity index (χ2n) is 4.51. The molecule has 1 aliphatic rings. The highest BCUT2D eigenvalue weighted by atomic mass is 32.2. The van der Waals surface area contributed by atoms with Crippen molar-refractivity contribution in [2.75, 3.05) is 37.5 Å². The van der Waals surface area contributed by atoms with E-state index in [-0.39, 0.29) is 16.8 Å². The molecule has 0 bridgehead atoms. The van der Waals surface area contributed by atoms with Crippen molar-refractivity contribution in [3.8, 4) is 0 Å². The molecule has 20 heavy (non-hydrogen) atoms. The molecule has 1 aliphatic heterocycles. The minimum absolute atomic E-state index is 0.000226. The number of aromatic nitrogens is 1. The van der Waals surface area contributed by atoms with E-state index in [4.69, 9.17) is 10.5 Å². The van der Waals surface area contributed by atoms with Crippen molar-refractivity contribution in [1.82, 2.24) is 9.29 Å². The molecule has 112 valence electrons. The molecule has 0 spiro atoms. The number of anilines is 1. The average molecular weight is 317 g/mol. The first-order valence-electron chi connectivity index (χ1n) is 6.36. The van der Waals surface area contributed by atoms with Crippen LogP contribution in [0.2, 0.25) is 0 Å². The Labute approximate surface area is 123 Å². The Hall–Kier alpha value is -0.830. The van der Waals surface area contributed by atoms with Gasteiger partial charge < -0.3 is 10.5 Å². The summed E-state index contributed by atoms with van der Waals surface area (Å²) in [6, 6.07) is 3.08. The van der Waals surface area contributed by atoms with E-state index >= 15 is 0 Å². The van der Waals surface area contributed by atoms with Gasteiger partial charge in [0, 0.05) is 31.6 Å². The number of methoxy groups -OCH3 is 1. The fourth-order valence-corrected chi connectivity index (χ4v) is 5.20. The molecular weight excluding hydrogens is 298 g/mol. The van der Waals surface area contributed by atoms with Crippen LogP contribution >= 0.6 is 11.8 Å². The van der Waals surface area contributed by atoms with Crippen LogP contribution in [0.15, 0.2) is 23.2 Å². The Kier molecular flexibility index (Phi) is 5.25. The molecule has 1 fully saturated rings. The lowest BCUT2D eigenvalue weighted by atomic mass is 10.3. The monoisotopic (exact) mass is 317 g/mol. The van der Waals surface area contributed by atoms with Gasteiger partial charge in [-0.1, -0.05) is 0 Å². The van der Waals surface area contributed by atoms with Gasteiger partial charge in [0.15, 0.2) is 0 Å². The van der Waals surface area contributed by atoms with Crippen molar-refractivity contribution < 1.29 is 13.2 Å². The predicted octanol–water partition coefficient (Wildman–Crippen LogP) is 0.806. The topological polar surface area (TPSA) is 85.5 Å². The number of rotatable bonds is 6. The van der Waals surface area contributed by atoms with Gasteiger partial charge in [-0.05, 0) is 24.3 Å². The number of ether oxygens (including phenoxy) is 1. The van der Waals surface area contributed by atoms with Crippen molar-refractivity contribution >= 4 is 27.6 Å². The number of hydrogen-bond donors (Lipinski definition) is 1. The molecule has 0 saturated carbocycles. The van der Waals surface area contributed by atoms with E-state index in [1.54, 1.807) is 24.9 Å². The molecule has 2 N–H and O–H groups in total. The van der Waals surface area contributed by atoms with Crippen molar-refractivity contribution in [2.45, 2.75) is 17.4 Å². The molecule has 1 aromatic rings. The van der Waals surface area contributed by atoms with Crippen molar-refractivity contribution in [3.05, 3.63) is 18.3 Å². The van der Waals surface area contributed by atoms with Gasteiger partial charge in [-0.3, -0.25) is 0 Å². The van der Waals surface area contributed by atoms with Crippen molar-refractivity contribution in [1.29, 1.82) is 0 Å². The molecule has 1 saturated heterocycles. The van der Waals surface area contributed by atoms with Gasteiger partial charge in [0.1, 0.15) is 10.7 Å². The molecule has 1 atom stereocenters. The molecule has 1 aromatic heterocycles. The Morgan fingerprint density at radius 3 is 3.00 bits per heavy atom. The third-order valence-electron chi connectivity index (χ3n) is 3.22. The molecule has 8 heteroatoms. The minimum atomic E-state index is -3.63. The van der Waals surface area contributed by atoms with Crippen LogP contribution < -0.4 is 5.73 Å². The SMILES string of the molecule is COCCN(C1CCSC1)S(=O)(=O)c1cccnc1N. The Bertz CT molecular complexity index is 545. The fourth-order valence-electron chi connectivity index (χ4n) is 2.18. The number of thioether (sulfide) groups is 1. The summed E-state index contributed by atoms with van der Waals surface area (Å²) in [5, 5.41) is 0. The van der Waals surface area contributed by atoms with E-state index in [0.29, 0.717) is 13.2 Å². The highest BCUT2D eigenvalue weighted by Crippen LogP contribution is 2.28. The number of pyridine rings is 1. The van der Waals surface area contributed by atoms with Gasteiger partial charge in [-0.2, -0.15) is 16.1 Å². The first kappa shape index (κ1) is 15.6. The summed E-state index contributed by atoms with van der Waals surface area (Å²) in [7, 11) is -2.07. The average Bonchev–Trinajstić information content (AvgIpc) is 2.93. The van der Waals surface area contributed by atoms with Gasteiger partial charge in [-0.15, -0.1) is 0 Å². The molecule has 0 aromatic carbocycles. The van der Waals surface area contributed by atoms with E-state index in [0.717, 1.165) is 17.9 Å². The van der Waals surface area contributed by atoms with Crippen LogP contribution in [-0.2, 0) is 14.8 Å². The van der Waals surface area contributed by atoms with Crippen LogP contribution in [0.1, 0.15) is 6.42 Å². The number of nitrogens with zero attached hydrogens (tertiary/aromatic N) is 2. The summed E-state index contributed by atoms with van der Waals surface area (Å²) in [6.45, 7) is 0.693. The maximum Gasteiger partial charge on any atom is 0.247 e. The highest BCUT2D eigenvalue weighted by Gasteiger charge is 2.34. The maximum absolute atomic E-state index is 12.8. The summed E-state index contributed by atoms with van der Waals surface area (Å²) in [5.41, 5.74) is 5.72. The fraction of sp³-hybridized carbons (Fsp3) is 0.583. The summed E-state index contributed by atoms with van der Waals surface area (Å²) in [5.74, 6) is 1.83. The lowest BCUT2D eigenvalue weighted by molar-refractivity contribution is 0.169. The second-order valence-corrected chi connectivity index (χ2v) is 7.52. The molecule has 0 aliphatic carbocycles. The molecular formula is C12H19N3O3S2. The third kappa shape index (κ3) is 3.25. The van der Waals surface area contributed by atoms with Crippen molar-refractivity contribution in [2.24, 2.45) is 0 Å². The smallest absolute Gasteiger partial charge is 0.247 e. The minimum Gasteiger partial charge on any atom is -0.383 e. The number of nitrogens with two attached hydrogens (primary N) is 1. The zero-order valence-electron chi connectivity index (χ0n) is 11.4. The van der Waals surface area contributed by atoms with E-state index < -0.39 is 10.0 Å². The highest BCUT2D eigenvalue weighted by molar-refractivity contribution is 7.99. The van der Waals surface area contributed by atoms with Crippen LogP contribution in [0.3, 0.4) is 0 Å². The summed E-state index contributed by atoms with van der Waals surface area (Å²) in [6.07, 6.45) is 2.34. The Balaban J connectivity index is 2.33. The van der Waals surface area contributed by atoms with E-state index in [9.17, 15) is 8.42 Å². The van der Waals surface area contributed by atoms with E-state index in [1.165, 1.54) is 16.6 Å². The van der Waals surface area contributed by atoms with E-state index in [1.807, 2.05) is 0 Å². The summed E-state index contributed by atoms with van der Waals surface area (Å²) >= 11 is 1.77. The number of hydrogen-bond acceptors (Lipinski definition) is 6. The van der Waals surface area contributed by atoms with Crippen LogP contribution in [-0.4, -0.2) is 55.5 Å². The van der Waals surface area contributed by atoms with Crippen LogP contribution in [0, 0.1) is 0 Å². The molecule has 6 nitrogen and oxygen atoms in total. The molecule has 0 amide bonds. The summed E-state index contributed by atoms with van der Waals surface area (Å²) < 4.78 is 32.1. The van der Waals surface area contributed by atoms with Crippen molar-refractivity contribution in [3.63, 3.8) is 0 Å². The lowest BCUT2D eigenvalue weighted by Crippen LogP contribution is -2.42. The predicted molar refractivity (Wildman–Crippen MR) is 80.1 cm³/mol. The Morgan fingerprint density at radius 2 is 2.40 bits per heavy atom. The molecule has 0 radical (unpaired) electrons. The first-order valence-corrected chi connectivity index (χ1v) is 8.96. The number of sulfonamides is 1. The standard InChI is InChI=1S/C12H19N3O3S2/c1-18-7-6-15(10-4-8-19-9-10)20(16,17)11-3-2-5-14-12(11)13/h2-3,5,10H,4,6-9H2,1H3,(H2,13,14). The van der Waals surface area contributed by atoms with Gasteiger partial charge in [0.2, 0.25) is 10.0 Å². The normalized spacial score (nSPS) is 19.6. The lowest BCUT2D eigenvalue weighted by Gasteiger charge is -2.27. The van der Waals surface area contributed by atoms with Gasteiger partial charge in [0.05, 0.1) is 6.61 Å². The quantitative estimate of drug-likeness (QED) is 0.835. The van der Waals surface area contributed by atoms with Gasteiger partial charge in [-0.25, -0.2) is 13.4 Å². The van der Waals surface area contributed by atoms with Gasteiger partial charge in [0.25, 0.3) is 0 Å².